The van der Waals surface area contributed by atoms with Crippen molar-refractivity contribution in [1.29, 1.82) is 0 Å². The van der Waals surface area contributed by atoms with Gasteiger partial charge in [0.2, 0.25) is 0 Å². The molecule has 1 atom stereocenters. The van der Waals surface area contributed by atoms with E-state index in [2.05, 4.69) is 58.3 Å². The standard InChI is InChI=1S/C23H38N4O2.HI/c1-19-17-27(11-14-29-19)18-22-6-4-5-21(15-22)16-25-23(24-2)26(3)10-7-20-8-12-28-13-9-20;/h4-6,15,19-20H,7-14,16-18H2,1-3H3,(H,24,25);1H. The molecular weight excluding hydrogens is 491 g/mol. The lowest BCUT2D eigenvalue weighted by Crippen LogP contribution is -2.40. The Morgan fingerprint density at radius 3 is 2.73 bits per heavy atom. The van der Waals surface area contributed by atoms with E-state index in [1.54, 1.807) is 0 Å². The predicted octanol–water partition coefficient (Wildman–Crippen LogP) is 3.35. The van der Waals surface area contributed by atoms with Crippen LogP contribution in [-0.4, -0.2) is 75.4 Å². The number of hydrogen-bond acceptors (Lipinski definition) is 4. The summed E-state index contributed by atoms with van der Waals surface area (Å²) in [4.78, 5) is 9.20. The highest BCUT2D eigenvalue weighted by molar-refractivity contribution is 14.0. The van der Waals surface area contributed by atoms with Crippen molar-refractivity contribution in [3.05, 3.63) is 35.4 Å². The molecule has 0 aromatic heterocycles. The molecule has 0 amide bonds. The monoisotopic (exact) mass is 530 g/mol. The summed E-state index contributed by atoms with van der Waals surface area (Å²) in [6.45, 7) is 9.64. The van der Waals surface area contributed by atoms with Gasteiger partial charge in [0, 0.05) is 60.0 Å². The van der Waals surface area contributed by atoms with Crippen LogP contribution in [0, 0.1) is 5.92 Å². The van der Waals surface area contributed by atoms with Gasteiger partial charge in [0.1, 0.15) is 0 Å². The molecular formula is C23H39IN4O2. The van der Waals surface area contributed by atoms with Gasteiger partial charge in [-0.15, -0.1) is 24.0 Å². The number of morpholine rings is 1. The molecule has 6 nitrogen and oxygen atoms in total. The quantitative estimate of drug-likeness (QED) is 0.333. The fourth-order valence-corrected chi connectivity index (χ4v) is 4.21. The smallest absolute Gasteiger partial charge is 0.193 e. The molecule has 1 aromatic rings. The van der Waals surface area contributed by atoms with E-state index in [0.717, 1.165) is 64.4 Å². The Morgan fingerprint density at radius 1 is 1.23 bits per heavy atom. The molecule has 0 radical (unpaired) electrons. The third kappa shape index (κ3) is 8.32. The van der Waals surface area contributed by atoms with Gasteiger partial charge in [-0.1, -0.05) is 24.3 Å². The summed E-state index contributed by atoms with van der Waals surface area (Å²) in [5, 5.41) is 3.53. The molecule has 0 bridgehead atoms. The number of hydrogen-bond donors (Lipinski definition) is 1. The third-order valence-corrected chi connectivity index (χ3v) is 5.96. The van der Waals surface area contributed by atoms with E-state index < -0.39 is 0 Å². The molecule has 2 heterocycles. The van der Waals surface area contributed by atoms with Gasteiger partial charge in [-0.25, -0.2) is 0 Å². The summed E-state index contributed by atoms with van der Waals surface area (Å²) in [5.41, 5.74) is 2.66. The zero-order chi connectivity index (χ0) is 20.5. The average molecular weight is 530 g/mol. The van der Waals surface area contributed by atoms with E-state index in [0.29, 0.717) is 6.10 Å². The van der Waals surface area contributed by atoms with Crippen molar-refractivity contribution in [2.75, 3.05) is 53.6 Å². The van der Waals surface area contributed by atoms with Gasteiger partial charge in [-0.2, -0.15) is 0 Å². The first-order valence-corrected chi connectivity index (χ1v) is 11.1. The Bertz CT molecular complexity index is 652. The predicted molar refractivity (Wildman–Crippen MR) is 134 cm³/mol. The lowest BCUT2D eigenvalue weighted by atomic mass is 9.96. The van der Waals surface area contributed by atoms with E-state index in [9.17, 15) is 0 Å². The Balaban J connectivity index is 0.00000320. The Hall–Kier alpha value is -0.900. The van der Waals surface area contributed by atoms with E-state index in [1.165, 1.54) is 30.4 Å². The highest BCUT2D eigenvalue weighted by Gasteiger charge is 2.17. The van der Waals surface area contributed by atoms with E-state index in [1.807, 2.05) is 7.05 Å². The number of nitrogens with one attached hydrogen (secondary N) is 1. The second-order valence-corrected chi connectivity index (χ2v) is 8.40. The molecule has 2 aliphatic heterocycles. The van der Waals surface area contributed by atoms with Crippen LogP contribution in [0.4, 0.5) is 0 Å². The van der Waals surface area contributed by atoms with Crippen molar-refractivity contribution in [3.8, 4) is 0 Å². The first-order valence-electron chi connectivity index (χ1n) is 11.1. The van der Waals surface area contributed by atoms with Gasteiger partial charge in [0.15, 0.2) is 5.96 Å². The van der Waals surface area contributed by atoms with Gasteiger partial charge < -0.3 is 19.7 Å². The Kier molecular flexibility index (Phi) is 11.4. The molecule has 0 aliphatic carbocycles. The molecule has 30 heavy (non-hydrogen) atoms. The van der Waals surface area contributed by atoms with E-state index in [4.69, 9.17) is 9.47 Å². The lowest BCUT2D eigenvalue weighted by molar-refractivity contribution is -0.0212. The molecule has 7 heteroatoms. The van der Waals surface area contributed by atoms with Gasteiger partial charge in [-0.3, -0.25) is 9.89 Å². The SMILES string of the molecule is CN=C(NCc1cccc(CN2CCOC(C)C2)c1)N(C)CCC1CCOCC1.I. The van der Waals surface area contributed by atoms with Crippen molar-refractivity contribution < 1.29 is 9.47 Å². The molecule has 1 aromatic carbocycles. The number of rotatable bonds is 7. The number of benzene rings is 1. The molecule has 2 fully saturated rings. The summed E-state index contributed by atoms with van der Waals surface area (Å²) < 4.78 is 11.1. The van der Waals surface area contributed by atoms with Crippen LogP contribution < -0.4 is 5.32 Å². The molecule has 1 N–H and O–H groups in total. The molecule has 2 saturated heterocycles. The van der Waals surface area contributed by atoms with Crippen molar-refractivity contribution in [2.24, 2.45) is 10.9 Å². The van der Waals surface area contributed by atoms with E-state index in [-0.39, 0.29) is 24.0 Å². The maximum atomic E-state index is 5.65. The van der Waals surface area contributed by atoms with Crippen molar-refractivity contribution in [1.82, 2.24) is 15.1 Å². The summed E-state index contributed by atoms with van der Waals surface area (Å²) in [5.74, 6) is 1.74. The minimum absolute atomic E-state index is 0. The Labute approximate surface area is 199 Å². The van der Waals surface area contributed by atoms with Crippen molar-refractivity contribution >= 4 is 29.9 Å². The van der Waals surface area contributed by atoms with Crippen LogP contribution in [0.5, 0.6) is 0 Å². The van der Waals surface area contributed by atoms with Crippen molar-refractivity contribution in [3.63, 3.8) is 0 Å². The number of nitrogens with zero attached hydrogens (tertiary/aromatic N) is 3. The minimum atomic E-state index is 0. The maximum absolute atomic E-state index is 5.65. The van der Waals surface area contributed by atoms with E-state index >= 15 is 0 Å². The topological polar surface area (TPSA) is 49.3 Å². The van der Waals surface area contributed by atoms with Crippen LogP contribution in [0.25, 0.3) is 0 Å². The van der Waals surface area contributed by atoms with Crippen molar-refractivity contribution in [2.45, 2.75) is 45.4 Å². The number of ether oxygens (including phenoxy) is 2. The first kappa shape index (κ1) is 25.4. The summed E-state index contributed by atoms with van der Waals surface area (Å²) in [6.07, 6.45) is 3.91. The van der Waals surface area contributed by atoms with Gasteiger partial charge in [0.25, 0.3) is 0 Å². The molecule has 1 unspecified atom stereocenters. The first-order chi connectivity index (χ1) is 14.1. The fourth-order valence-electron chi connectivity index (χ4n) is 4.21. The zero-order valence-electron chi connectivity index (χ0n) is 18.8. The zero-order valence-corrected chi connectivity index (χ0v) is 21.1. The molecule has 3 rings (SSSR count). The van der Waals surface area contributed by atoms with Gasteiger partial charge in [0.05, 0.1) is 12.7 Å². The Morgan fingerprint density at radius 2 is 2.00 bits per heavy atom. The fraction of sp³-hybridized carbons (Fsp3) is 0.696. The second-order valence-electron chi connectivity index (χ2n) is 8.40. The number of aliphatic imine (C=N–C) groups is 1. The third-order valence-electron chi connectivity index (χ3n) is 5.96. The molecule has 0 spiro atoms. The lowest BCUT2D eigenvalue weighted by Gasteiger charge is -2.31. The highest BCUT2D eigenvalue weighted by Crippen LogP contribution is 2.18. The summed E-state index contributed by atoms with van der Waals surface area (Å²) >= 11 is 0. The van der Waals surface area contributed by atoms with Crippen LogP contribution in [0.3, 0.4) is 0 Å². The second kappa shape index (κ2) is 13.5. The molecule has 2 aliphatic rings. The average Bonchev–Trinajstić information content (AvgIpc) is 2.74. The van der Waals surface area contributed by atoms with Crippen LogP contribution in [0.15, 0.2) is 29.3 Å². The largest absolute Gasteiger partial charge is 0.381 e. The van der Waals surface area contributed by atoms with Crippen LogP contribution >= 0.6 is 24.0 Å². The summed E-state index contributed by atoms with van der Waals surface area (Å²) in [7, 11) is 3.99. The maximum Gasteiger partial charge on any atom is 0.193 e. The number of guanidine groups is 1. The number of halogens is 1. The molecule has 0 saturated carbocycles. The normalized spacial score (nSPS) is 21.2. The summed E-state index contributed by atoms with van der Waals surface area (Å²) in [6, 6.07) is 8.88. The van der Waals surface area contributed by atoms with Crippen LogP contribution in [0.2, 0.25) is 0 Å². The highest BCUT2D eigenvalue weighted by atomic mass is 127. The van der Waals surface area contributed by atoms with Gasteiger partial charge >= 0.3 is 0 Å². The molecule has 170 valence electrons. The minimum Gasteiger partial charge on any atom is -0.381 e. The van der Waals surface area contributed by atoms with Crippen LogP contribution in [-0.2, 0) is 22.6 Å². The van der Waals surface area contributed by atoms with Gasteiger partial charge in [-0.05, 0) is 43.2 Å². The van der Waals surface area contributed by atoms with Crippen LogP contribution in [0.1, 0.15) is 37.3 Å².